The van der Waals surface area contributed by atoms with E-state index in [9.17, 15) is 43.9 Å². The van der Waals surface area contributed by atoms with Gasteiger partial charge in [-0.1, -0.05) is 0 Å². The average Bonchev–Trinajstić information content (AvgIpc) is 2.28. The minimum Gasteiger partial charge on any atom is -0.426 e. The fourth-order valence-corrected chi connectivity index (χ4v) is 0.987. The maximum Gasteiger partial charge on any atom is 0.499 e. The molecule has 0 saturated carbocycles. The maximum atomic E-state index is 12.5. The van der Waals surface area contributed by atoms with Crippen LogP contribution in [0.5, 0.6) is 11.5 Å². The zero-order chi connectivity index (χ0) is 17.4. The van der Waals surface area contributed by atoms with Crippen LogP contribution in [0.25, 0.3) is 0 Å². The summed E-state index contributed by atoms with van der Waals surface area (Å²) in [6.45, 7) is 0. The summed E-state index contributed by atoms with van der Waals surface area (Å²) in [5, 5.41) is 0. The summed E-state index contributed by atoms with van der Waals surface area (Å²) in [5.74, 6) is -2.24. The van der Waals surface area contributed by atoms with Crippen molar-refractivity contribution in [2.24, 2.45) is 0 Å². The average molecular weight is 346 g/mol. The van der Waals surface area contributed by atoms with Gasteiger partial charge in [-0.15, -0.1) is 0 Å². The topological polar surface area (TPSA) is 18.5 Å². The summed E-state index contributed by atoms with van der Waals surface area (Å²) in [6.07, 6.45) is -23.2. The molecule has 0 heterocycles. The molecule has 0 amide bonds. The van der Waals surface area contributed by atoms with Gasteiger partial charge < -0.3 is 9.47 Å². The van der Waals surface area contributed by atoms with E-state index in [0.29, 0.717) is 24.3 Å². The van der Waals surface area contributed by atoms with Crippen LogP contribution in [0.2, 0.25) is 0 Å². The van der Waals surface area contributed by atoms with Crippen molar-refractivity contribution < 1.29 is 53.4 Å². The molecule has 0 aliphatic rings. The Hall–Kier alpha value is -1.88. The fourth-order valence-electron chi connectivity index (χ4n) is 0.987. The Morgan fingerprint density at radius 3 is 0.909 bits per heavy atom. The summed E-state index contributed by atoms with van der Waals surface area (Å²) in [4.78, 5) is 0. The molecule has 0 unspecified atom stereocenters. The number of ether oxygens (including phenoxy) is 2. The Morgan fingerprint density at radius 2 is 0.727 bits per heavy atom. The summed E-state index contributed by atoms with van der Waals surface area (Å²) < 4.78 is 128. The van der Waals surface area contributed by atoms with Crippen molar-refractivity contribution in [2.45, 2.75) is 24.6 Å². The number of benzene rings is 1. The van der Waals surface area contributed by atoms with Crippen molar-refractivity contribution in [2.75, 3.05) is 0 Å². The van der Waals surface area contributed by atoms with Crippen LogP contribution >= 0.6 is 0 Å². The first-order valence-electron chi connectivity index (χ1n) is 5.03. The van der Waals surface area contributed by atoms with Gasteiger partial charge in [0.05, 0.1) is 0 Å². The lowest BCUT2D eigenvalue weighted by atomic mass is 10.3. The lowest BCUT2D eigenvalue weighted by Gasteiger charge is -2.21. The maximum absolute atomic E-state index is 12.5. The molecule has 126 valence electrons. The van der Waals surface area contributed by atoms with Crippen LogP contribution in [0, 0.1) is 0 Å². The Labute approximate surface area is 115 Å². The van der Waals surface area contributed by atoms with Gasteiger partial charge in [-0.2, -0.15) is 43.9 Å². The summed E-state index contributed by atoms with van der Waals surface area (Å²) >= 11 is 0. The molecular weight excluding hydrogens is 342 g/mol. The predicted octanol–water partition coefficient (Wildman–Crippen LogP) is 4.75. The van der Waals surface area contributed by atoms with Crippen LogP contribution < -0.4 is 9.47 Å². The number of rotatable bonds is 4. The van der Waals surface area contributed by atoms with Crippen molar-refractivity contribution in [3.63, 3.8) is 0 Å². The molecule has 12 heteroatoms. The molecule has 0 saturated heterocycles. The van der Waals surface area contributed by atoms with Crippen LogP contribution in [-0.2, 0) is 0 Å². The first kappa shape index (κ1) is 18.2. The first-order chi connectivity index (χ1) is 9.66. The highest BCUT2D eigenvalue weighted by molar-refractivity contribution is 5.31. The molecule has 0 aliphatic carbocycles. The summed E-state index contributed by atoms with van der Waals surface area (Å²) in [5.41, 5.74) is 0. The predicted molar refractivity (Wildman–Crippen MR) is 49.7 cm³/mol. The highest BCUT2D eigenvalue weighted by Gasteiger charge is 2.62. The van der Waals surface area contributed by atoms with Crippen molar-refractivity contribution in [1.29, 1.82) is 0 Å². The first-order valence-corrected chi connectivity index (χ1v) is 5.03. The third kappa shape index (κ3) is 4.07. The van der Waals surface area contributed by atoms with Gasteiger partial charge in [0.25, 0.3) is 0 Å². The Bertz CT molecular complexity index is 455. The highest BCUT2D eigenvalue weighted by atomic mass is 19.4. The molecule has 1 aromatic carbocycles. The van der Waals surface area contributed by atoms with E-state index in [1.165, 1.54) is 0 Å². The second-order valence-electron chi connectivity index (χ2n) is 3.70. The Balaban J connectivity index is 2.85. The van der Waals surface area contributed by atoms with Crippen molar-refractivity contribution in [1.82, 2.24) is 0 Å². The zero-order valence-electron chi connectivity index (χ0n) is 9.91. The lowest BCUT2D eigenvalue weighted by molar-refractivity contribution is -0.361. The van der Waals surface area contributed by atoms with Gasteiger partial charge in [-0.3, -0.25) is 0 Å². The fraction of sp³-hybridized carbons (Fsp3) is 0.400. The molecule has 0 radical (unpaired) electrons. The molecule has 1 aromatic rings. The zero-order valence-corrected chi connectivity index (χ0v) is 9.91. The minimum absolute atomic E-state index is 0.307. The number of halogens is 10. The quantitative estimate of drug-likeness (QED) is 0.733. The van der Waals surface area contributed by atoms with Gasteiger partial charge in [0.2, 0.25) is 0 Å². The van der Waals surface area contributed by atoms with Crippen molar-refractivity contribution in [3.8, 4) is 11.5 Å². The van der Waals surface area contributed by atoms with Gasteiger partial charge in [0.15, 0.2) is 0 Å². The van der Waals surface area contributed by atoms with Crippen LogP contribution in [-0.4, -0.2) is 24.6 Å². The molecule has 2 nitrogen and oxygen atoms in total. The molecule has 1 rings (SSSR count). The number of hydrogen-bond acceptors (Lipinski definition) is 2. The van der Waals surface area contributed by atoms with Gasteiger partial charge in [0.1, 0.15) is 11.5 Å². The van der Waals surface area contributed by atoms with Gasteiger partial charge in [0, 0.05) is 0 Å². The monoisotopic (exact) mass is 346 g/mol. The van der Waals surface area contributed by atoms with Gasteiger partial charge in [-0.25, -0.2) is 0 Å². The third-order valence-electron chi connectivity index (χ3n) is 1.98. The van der Waals surface area contributed by atoms with Gasteiger partial charge in [-0.05, 0) is 24.3 Å². The molecular formula is C10H4F10O2. The SMILES string of the molecule is FC(F)(F)C(F)(F)Oc1ccc(OC(F)(F)C(F)(F)F)cc1. The molecule has 0 bridgehead atoms. The van der Waals surface area contributed by atoms with E-state index in [0.717, 1.165) is 0 Å². The molecule has 0 aliphatic heterocycles. The molecule has 0 atom stereocenters. The van der Waals surface area contributed by atoms with Crippen molar-refractivity contribution in [3.05, 3.63) is 24.3 Å². The Morgan fingerprint density at radius 1 is 0.500 bits per heavy atom. The molecule has 0 fully saturated rings. The smallest absolute Gasteiger partial charge is 0.426 e. The number of hydrogen-bond donors (Lipinski definition) is 0. The van der Waals surface area contributed by atoms with Gasteiger partial charge >= 0.3 is 24.6 Å². The van der Waals surface area contributed by atoms with E-state index >= 15 is 0 Å². The molecule has 0 N–H and O–H groups in total. The van der Waals surface area contributed by atoms with E-state index in [2.05, 4.69) is 9.47 Å². The second kappa shape index (κ2) is 5.39. The highest BCUT2D eigenvalue weighted by Crippen LogP contribution is 2.39. The summed E-state index contributed by atoms with van der Waals surface area (Å²) in [6, 6.07) is 1.23. The van der Waals surface area contributed by atoms with Crippen molar-refractivity contribution >= 4 is 0 Å². The third-order valence-corrected chi connectivity index (χ3v) is 1.98. The van der Waals surface area contributed by atoms with E-state index in [-0.39, 0.29) is 0 Å². The van der Waals surface area contributed by atoms with E-state index in [4.69, 9.17) is 0 Å². The van der Waals surface area contributed by atoms with Crippen LogP contribution in [0.3, 0.4) is 0 Å². The lowest BCUT2D eigenvalue weighted by Crippen LogP contribution is -2.42. The Kier molecular flexibility index (Phi) is 4.45. The largest absolute Gasteiger partial charge is 0.499 e. The second-order valence-corrected chi connectivity index (χ2v) is 3.70. The van der Waals surface area contributed by atoms with Crippen LogP contribution in [0.4, 0.5) is 43.9 Å². The molecule has 22 heavy (non-hydrogen) atoms. The molecule has 0 spiro atoms. The van der Waals surface area contributed by atoms with E-state index in [1.54, 1.807) is 0 Å². The van der Waals surface area contributed by atoms with Crippen LogP contribution in [0.1, 0.15) is 0 Å². The summed E-state index contributed by atoms with van der Waals surface area (Å²) in [7, 11) is 0. The van der Waals surface area contributed by atoms with E-state index < -0.39 is 36.1 Å². The van der Waals surface area contributed by atoms with Crippen LogP contribution in [0.15, 0.2) is 24.3 Å². The standard InChI is InChI=1S/C10H4F10O2/c11-7(12,13)9(17,18)21-5-1-2-6(4-3-5)22-10(19,20)8(14,15)16/h1-4H. The number of alkyl halides is 10. The van der Waals surface area contributed by atoms with E-state index in [1.807, 2.05) is 0 Å². The minimum atomic E-state index is -6.04. The normalized spacial score (nSPS) is 13.9. The molecule has 0 aromatic heterocycles.